The fourth-order valence-electron chi connectivity index (χ4n) is 3.31. The maximum Gasteiger partial charge on any atom is 0.240 e. The molecule has 1 heterocycles. The number of nitrogens with one attached hydrogen (secondary N) is 1. The van der Waals surface area contributed by atoms with Crippen LogP contribution in [0.4, 0.5) is 0 Å². The SMILES string of the molecule is CC(C)(C)[C@H](CN1CCc2ccccc2C1)NS(=O)(=O)c1ccccc1. The van der Waals surface area contributed by atoms with Gasteiger partial charge in [-0.05, 0) is 35.1 Å². The summed E-state index contributed by atoms with van der Waals surface area (Å²) in [5.41, 5.74) is 2.57. The molecule has 0 unspecified atom stereocenters. The molecule has 4 nitrogen and oxygen atoms in total. The fourth-order valence-corrected chi connectivity index (χ4v) is 4.77. The molecule has 1 aliphatic rings. The highest BCUT2D eigenvalue weighted by Crippen LogP contribution is 2.25. The van der Waals surface area contributed by atoms with Crippen molar-refractivity contribution in [2.24, 2.45) is 5.41 Å². The second kappa shape index (κ2) is 7.51. The maximum absolute atomic E-state index is 12.8. The first-order valence-electron chi connectivity index (χ1n) is 9.12. The Morgan fingerprint density at radius 3 is 2.27 bits per heavy atom. The molecular formula is C21H28N2O2S. The Bertz CT molecular complexity index is 842. The molecule has 26 heavy (non-hydrogen) atoms. The van der Waals surface area contributed by atoms with Gasteiger partial charge in [0, 0.05) is 25.7 Å². The molecule has 2 aromatic rings. The van der Waals surface area contributed by atoms with Gasteiger partial charge in [-0.2, -0.15) is 0 Å². The summed E-state index contributed by atoms with van der Waals surface area (Å²) < 4.78 is 28.6. The van der Waals surface area contributed by atoms with E-state index in [1.165, 1.54) is 11.1 Å². The van der Waals surface area contributed by atoms with Gasteiger partial charge in [0.2, 0.25) is 10.0 Å². The third-order valence-electron chi connectivity index (χ3n) is 5.05. The van der Waals surface area contributed by atoms with E-state index in [2.05, 4.69) is 54.7 Å². The molecule has 2 aromatic carbocycles. The maximum atomic E-state index is 12.8. The Balaban J connectivity index is 1.76. The fraction of sp³-hybridized carbons (Fsp3) is 0.429. The summed E-state index contributed by atoms with van der Waals surface area (Å²) in [5, 5.41) is 0. The van der Waals surface area contributed by atoms with Crippen LogP contribution in [0.5, 0.6) is 0 Å². The number of rotatable bonds is 5. The largest absolute Gasteiger partial charge is 0.297 e. The zero-order chi connectivity index (χ0) is 18.8. The van der Waals surface area contributed by atoms with Gasteiger partial charge in [-0.3, -0.25) is 4.90 Å². The van der Waals surface area contributed by atoms with E-state index in [-0.39, 0.29) is 11.5 Å². The summed E-state index contributed by atoms with van der Waals surface area (Å²) >= 11 is 0. The zero-order valence-corrected chi connectivity index (χ0v) is 16.6. The number of nitrogens with zero attached hydrogens (tertiary/aromatic N) is 1. The Morgan fingerprint density at radius 1 is 1.00 bits per heavy atom. The summed E-state index contributed by atoms with van der Waals surface area (Å²) in [6.07, 6.45) is 1.01. The second-order valence-electron chi connectivity index (χ2n) is 8.11. The van der Waals surface area contributed by atoms with Crippen molar-refractivity contribution in [2.75, 3.05) is 13.1 Å². The normalized spacial score (nSPS) is 16.9. The van der Waals surface area contributed by atoms with Crippen molar-refractivity contribution in [1.29, 1.82) is 0 Å². The number of hydrogen-bond acceptors (Lipinski definition) is 3. The minimum Gasteiger partial charge on any atom is -0.297 e. The van der Waals surface area contributed by atoms with Crippen molar-refractivity contribution in [3.8, 4) is 0 Å². The zero-order valence-electron chi connectivity index (χ0n) is 15.8. The molecule has 0 saturated heterocycles. The van der Waals surface area contributed by atoms with Gasteiger partial charge in [0.25, 0.3) is 0 Å². The standard InChI is InChI=1S/C21H28N2O2S/c1-21(2,3)20(22-26(24,25)19-11-5-4-6-12-19)16-23-14-13-17-9-7-8-10-18(17)15-23/h4-12,20,22H,13-16H2,1-3H3/t20-/m0/s1. The van der Waals surface area contributed by atoms with E-state index in [1.54, 1.807) is 24.3 Å². The third-order valence-corrected chi connectivity index (χ3v) is 6.53. The molecular weight excluding hydrogens is 344 g/mol. The van der Waals surface area contributed by atoms with Crippen molar-refractivity contribution >= 4 is 10.0 Å². The summed E-state index contributed by atoms with van der Waals surface area (Å²) in [7, 11) is -3.53. The first kappa shape index (κ1) is 19.1. The van der Waals surface area contributed by atoms with Crippen molar-refractivity contribution in [1.82, 2.24) is 9.62 Å². The molecule has 0 bridgehead atoms. The van der Waals surface area contributed by atoms with Gasteiger partial charge in [-0.25, -0.2) is 13.1 Å². The number of sulfonamides is 1. The lowest BCUT2D eigenvalue weighted by atomic mass is 9.86. The summed E-state index contributed by atoms with van der Waals surface area (Å²) in [5.74, 6) is 0. The lowest BCUT2D eigenvalue weighted by Gasteiger charge is -2.37. The van der Waals surface area contributed by atoms with E-state index in [0.29, 0.717) is 11.4 Å². The third kappa shape index (κ3) is 4.53. The molecule has 3 rings (SSSR count). The smallest absolute Gasteiger partial charge is 0.240 e. The van der Waals surface area contributed by atoms with Crippen molar-refractivity contribution in [3.63, 3.8) is 0 Å². The Kier molecular flexibility index (Phi) is 5.51. The minimum atomic E-state index is -3.53. The quantitative estimate of drug-likeness (QED) is 0.875. The number of hydrogen-bond donors (Lipinski definition) is 1. The number of fused-ring (bicyclic) bond motifs is 1. The average Bonchev–Trinajstić information content (AvgIpc) is 2.61. The molecule has 140 valence electrons. The van der Waals surface area contributed by atoms with Crippen LogP contribution in [0.1, 0.15) is 31.9 Å². The van der Waals surface area contributed by atoms with Crippen LogP contribution >= 0.6 is 0 Å². The van der Waals surface area contributed by atoms with Gasteiger partial charge >= 0.3 is 0 Å². The van der Waals surface area contributed by atoms with E-state index in [9.17, 15) is 8.42 Å². The highest BCUT2D eigenvalue weighted by Gasteiger charge is 2.32. The molecule has 0 radical (unpaired) electrons. The van der Waals surface area contributed by atoms with Crippen LogP contribution in [0.15, 0.2) is 59.5 Å². The summed E-state index contributed by atoms with van der Waals surface area (Å²) in [4.78, 5) is 2.67. The topological polar surface area (TPSA) is 49.4 Å². The predicted molar refractivity (Wildman–Crippen MR) is 105 cm³/mol. The summed E-state index contributed by atoms with van der Waals surface area (Å²) in [6, 6.07) is 16.9. The second-order valence-corrected chi connectivity index (χ2v) is 9.82. The van der Waals surface area contributed by atoms with Crippen LogP contribution in [0.2, 0.25) is 0 Å². The van der Waals surface area contributed by atoms with Crippen LogP contribution in [0, 0.1) is 5.41 Å². The van der Waals surface area contributed by atoms with Crippen LogP contribution in [-0.2, 0) is 23.0 Å². The molecule has 1 aliphatic heterocycles. The van der Waals surface area contributed by atoms with Gasteiger partial charge in [-0.1, -0.05) is 63.2 Å². The van der Waals surface area contributed by atoms with Gasteiger partial charge in [0.05, 0.1) is 4.90 Å². The van der Waals surface area contributed by atoms with Gasteiger partial charge in [0.15, 0.2) is 0 Å². The van der Waals surface area contributed by atoms with E-state index < -0.39 is 10.0 Å². The molecule has 0 aromatic heterocycles. The molecule has 1 N–H and O–H groups in total. The van der Waals surface area contributed by atoms with Crippen molar-refractivity contribution in [3.05, 3.63) is 65.7 Å². The van der Waals surface area contributed by atoms with E-state index in [4.69, 9.17) is 0 Å². The van der Waals surface area contributed by atoms with Crippen LogP contribution in [0.3, 0.4) is 0 Å². The Morgan fingerprint density at radius 2 is 1.62 bits per heavy atom. The van der Waals surface area contributed by atoms with Crippen molar-refractivity contribution < 1.29 is 8.42 Å². The molecule has 1 atom stereocenters. The first-order valence-corrected chi connectivity index (χ1v) is 10.6. The average molecular weight is 373 g/mol. The van der Waals surface area contributed by atoms with Crippen LogP contribution in [0.25, 0.3) is 0 Å². The van der Waals surface area contributed by atoms with E-state index >= 15 is 0 Å². The monoisotopic (exact) mass is 372 g/mol. The van der Waals surface area contributed by atoms with Crippen molar-refractivity contribution in [2.45, 2.75) is 44.7 Å². The van der Waals surface area contributed by atoms with Crippen LogP contribution in [-0.4, -0.2) is 32.4 Å². The van der Waals surface area contributed by atoms with Gasteiger partial charge in [0.1, 0.15) is 0 Å². The molecule has 0 saturated carbocycles. The van der Waals surface area contributed by atoms with E-state index in [1.807, 2.05) is 6.07 Å². The van der Waals surface area contributed by atoms with Crippen LogP contribution < -0.4 is 4.72 Å². The summed E-state index contributed by atoms with van der Waals surface area (Å²) in [6.45, 7) is 8.78. The Hall–Kier alpha value is -1.69. The van der Waals surface area contributed by atoms with Gasteiger partial charge in [-0.15, -0.1) is 0 Å². The predicted octanol–water partition coefficient (Wildman–Crippen LogP) is 3.44. The number of benzene rings is 2. The molecule has 0 amide bonds. The molecule has 0 aliphatic carbocycles. The highest BCUT2D eigenvalue weighted by atomic mass is 32.2. The molecule has 0 fully saturated rings. The van der Waals surface area contributed by atoms with E-state index in [0.717, 1.165) is 19.5 Å². The molecule has 5 heteroatoms. The first-order chi connectivity index (χ1) is 12.3. The lowest BCUT2D eigenvalue weighted by molar-refractivity contribution is 0.177. The highest BCUT2D eigenvalue weighted by molar-refractivity contribution is 7.89. The van der Waals surface area contributed by atoms with Gasteiger partial charge < -0.3 is 0 Å². The lowest BCUT2D eigenvalue weighted by Crippen LogP contribution is -2.51. The Labute approximate surface area is 157 Å². The minimum absolute atomic E-state index is 0.169. The molecule has 0 spiro atoms.